The highest BCUT2D eigenvalue weighted by Gasteiger charge is 2.37. The quantitative estimate of drug-likeness (QED) is 0.615. The van der Waals surface area contributed by atoms with Crippen molar-refractivity contribution in [2.75, 3.05) is 6.54 Å². The van der Waals surface area contributed by atoms with E-state index in [9.17, 15) is 10.1 Å². The standard InChI is InChI=1S/C15H15N3O2S/c19-18(20)11-7-5-10(6-8-11)12-9-17-13-3-1-2-4-14(13)21-15(17)16-12/h5-8,12H,1-4,9H2. The van der Waals surface area contributed by atoms with Gasteiger partial charge in [0.1, 0.15) is 0 Å². The number of nitro benzene ring substituents is 1. The summed E-state index contributed by atoms with van der Waals surface area (Å²) in [6.45, 7) is 0.874. The monoisotopic (exact) mass is 301 g/mol. The summed E-state index contributed by atoms with van der Waals surface area (Å²) in [6, 6.07) is 6.89. The van der Waals surface area contributed by atoms with Crippen molar-refractivity contribution in [3.63, 3.8) is 0 Å². The molecule has 1 atom stereocenters. The maximum absolute atomic E-state index is 10.7. The van der Waals surface area contributed by atoms with Gasteiger partial charge in [-0.25, -0.2) is 0 Å². The lowest BCUT2D eigenvalue weighted by Crippen LogP contribution is -2.22. The zero-order valence-corrected chi connectivity index (χ0v) is 12.3. The highest BCUT2D eigenvalue weighted by atomic mass is 32.2. The number of non-ortho nitro benzene ring substituents is 1. The molecule has 6 heteroatoms. The Balaban J connectivity index is 1.55. The van der Waals surface area contributed by atoms with Gasteiger partial charge in [0.25, 0.3) is 5.69 Å². The zero-order chi connectivity index (χ0) is 14.4. The number of allylic oxidation sites excluding steroid dienone is 2. The summed E-state index contributed by atoms with van der Waals surface area (Å²) >= 11 is 1.82. The second-order valence-electron chi connectivity index (χ2n) is 5.57. The van der Waals surface area contributed by atoms with Crippen LogP contribution in [0.15, 0.2) is 39.9 Å². The second-order valence-corrected chi connectivity index (χ2v) is 6.63. The molecule has 0 bridgehead atoms. The van der Waals surface area contributed by atoms with Crippen LogP contribution in [0.5, 0.6) is 0 Å². The van der Waals surface area contributed by atoms with Gasteiger partial charge in [-0.15, -0.1) is 0 Å². The van der Waals surface area contributed by atoms with E-state index in [2.05, 4.69) is 4.90 Å². The molecule has 0 saturated carbocycles. The van der Waals surface area contributed by atoms with Gasteiger partial charge in [0, 0.05) is 22.7 Å². The number of rotatable bonds is 2. The van der Waals surface area contributed by atoms with Crippen molar-refractivity contribution in [1.29, 1.82) is 0 Å². The first kappa shape index (κ1) is 12.9. The van der Waals surface area contributed by atoms with Crippen LogP contribution in [-0.2, 0) is 0 Å². The number of hydrogen-bond donors (Lipinski definition) is 0. The number of nitrogens with zero attached hydrogens (tertiary/aromatic N) is 3. The Morgan fingerprint density at radius 3 is 2.76 bits per heavy atom. The van der Waals surface area contributed by atoms with Crippen LogP contribution in [0.4, 0.5) is 5.69 Å². The molecule has 2 aliphatic heterocycles. The van der Waals surface area contributed by atoms with Crippen LogP contribution in [0.25, 0.3) is 0 Å². The third-order valence-electron chi connectivity index (χ3n) is 4.27. The predicted octanol–water partition coefficient (Wildman–Crippen LogP) is 3.84. The Morgan fingerprint density at radius 2 is 2.00 bits per heavy atom. The van der Waals surface area contributed by atoms with Crippen LogP contribution in [0.3, 0.4) is 0 Å². The van der Waals surface area contributed by atoms with Gasteiger partial charge in [0.2, 0.25) is 0 Å². The van der Waals surface area contributed by atoms with Gasteiger partial charge in [0.05, 0.1) is 17.5 Å². The minimum atomic E-state index is -0.364. The molecule has 1 aliphatic carbocycles. The summed E-state index contributed by atoms with van der Waals surface area (Å²) in [5.74, 6) is 0. The van der Waals surface area contributed by atoms with Crippen LogP contribution < -0.4 is 0 Å². The van der Waals surface area contributed by atoms with Crippen LogP contribution in [0, 0.1) is 10.1 Å². The molecule has 0 fully saturated rings. The molecule has 0 N–H and O–H groups in total. The molecule has 0 saturated heterocycles. The largest absolute Gasteiger partial charge is 0.321 e. The lowest BCUT2D eigenvalue weighted by Gasteiger charge is -2.21. The van der Waals surface area contributed by atoms with E-state index < -0.39 is 0 Å². The Morgan fingerprint density at radius 1 is 1.24 bits per heavy atom. The fourth-order valence-electron chi connectivity index (χ4n) is 3.17. The van der Waals surface area contributed by atoms with E-state index >= 15 is 0 Å². The number of benzene rings is 1. The summed E-state index contributed by atoms with van der Waals surface area (Å²) in [5.41, 5.74) is 2.66. The molecule has 2 heterocycles. The molecule has 1 aromatic rings. The number of hydrogen-bond acceptors (Lipinski definition) is 5. The van der Waals surface area contributed by atoms with Gasteiger partial charge in [-0.3, -0.25) is 15.1 Å². The van der Waals surface area contributed by atoms with Gasteiger partial charge >= 0.3 is 0 Å². The van der Waals surface area contributed by atoms with Crippen molar-refractivity contribution in [1.82, 2.24) is 4.90 Å². The van der Waals surface area contributed by atoms with Crippen molar-refractivity contribution >= 4 is 22.6 Å². The number of nitro groups is 1. The Labute approximate surface area is 126 Å². The van der Waals surface area contributed by atoms with Crippen molar-refractivity contribution in [3.8, 4) is 0 Å². The molecule has 0 amide bonds. The van der Waals surface area contributed by atoms with Gasteiger partial charge in [-0.1, -0.05) is 11.8 Å². The van der Waals surface area contributed by atoms with Gasteiger partial charge in [0.15, 0.2) is 5.17 Å². The third-order valence-corrected chi connectivity index (χ3v) is 5.47. The highest BCUT2D eigenvalue weighted by molar-refractivity contribution is 8.17. The fourth-order valence-corrected chi connectivity index (χ4v) is 4.44. The summed E-state index contributed by atoms with van der Waals surface area (Å²) in [6.07, 6.45) is 4.91. The zero-order valence-electron chi connectivity index (χ0n) is 11.5. The Hall–Kier alpha value is -1.82. The van der Waals surface area contributed by atoms with Gasteiger partial charge in [-0.2, -0.15) is 0 Å². The van der Waals surface area contributed by atoms with E-state index in [0.717, 1.165) is 23.7 Å². The summed E-state index contributed by atoms with van der Waals surface area (Å²) < 4.78 is 0. The molecule has 5 nitrogen and oxygen atoms in total. The Bertz CT molecular complexity index is 666. The third kappa shape index (κ3) is 2.14. The van der Waals surface area contributed by atoms with Crippen LogP contribution in [0.1, 0.15) is 37.3 Å². The van der Waals surface area contributed by atoms with E-state index in [1.165, 1.54) is 29.9 Å². The fraction of sp³-hybridized carbons (Fsp3) is 0.400. The van der Waals surface area contributed by atoms with Gasteiger partial charge in [-0.05, 0) is 43.4 Å². The van der Waals surface area contributed by atoms with E-state index in [1.807, 2.05) is 23.9 Å². The average molecular weight is 301 g/mol. The first-order chi connectivity index (χ1) is 10.2. The normalized spacial score (nSPS) is 23.9. The number of fused-ring (bicyclic) bond motifs is 2. The smallest absolute Gasteiger partial charge is 0.269 e. The molecule has 0 radical (unpaired) electrons. The van der Waals surface area contributed by atoms with Crippen molar-refractivity contribution in [3.05, 3.63) is 50.5 Å². The van der Waals surface area contributed by atoms with Gasteiger partial charge < -0.3 is 4.90 Å². The lowest BCUT2D eigenvalue weighted by molar-refractivity contribution is -0.384. The van der Waals surface area contributed by atoms with E-state index in [1.54, 1.807) is 12.1 Å². The first-order valence-electron chi connectivity index (χ1n) is 7.22. The first-order valence-corrected chi connectivity index (χ1v) is 8.03. The van der Waals surface area contributed by atoms with Crippen LogP contribution >= 0.6 is 11.8 Å². The maximum Gasteiger partial charge on any atom is 0.269 e. The average Bonchev–Trinajstić information content (AvgIpc) is 3.05. The summed E-state index contributed by atoms with van der Waals surface area (Å²) in [7, 11) is 0. The number of aliphatic imine (C=N–C) groups is 1. The van der Waals surface area contributed by atoms with Crippen molar-refractivity contribution in [2.24, 2.45) is 4.99 Å². The number of amidine groups is 1. The van der Waals surface area contributed by atoms with E-state index in [4.69, 9.17) is 4.99 Å². The van der Waals surface area contributed by atoms with E-state index in [-0.39, 0.29) is 16.7 Å². The Kier molecular flexibility index (Phi) is 2.99. The molecule has 1 aromatic carbocycles. The van der Waals surface area contributed by atoms with Crippen molar-refractivity contribution < 1.29 is 4.92 Å². The van der Waals surface area contributed by atoms with E-state index in [0.29, 0.717) is 0 Å². The highest BCUT2D eigenvalue weighted by Crippen LogP contribution is 2.46. The summed E-state index contributed by atoms with van der Waals surface area (Å²) in [5, 5.41) is 11.8. The SMILES string of the molecule is O=[N+]([O-])c1ccc(C2CN3C(=N2)SC2=C3CCCC2)cc1. The van der Waals surface area contributed by atoms with Crippen LogP contribution in [0.2, 0.25) is 0 Å². The maximum atomic E-state index is 10.7. The molecular formula is C15H15N3O2S. The molecule has 0 aromatic heterocycles. The number of thioether (sulfide) groups is 1. The molecule has 1 unspecified atom stereocenters. The minimum absolute atomic E-state index is 0.101. The molecular weight excluding hydrogens is 286 g/mol. The second kappa shape index (κ2) is 4.87. The summed E-state index contributed by atoms with van der Waals surface area (Å²) in [4.78, 5) is 19.0. The molecule has 4 rings (SSSR count). The van der Waals surface area contributed by atoms with Crippen molar-refractivity contribution in [2.45, 2.75) is 31.7 Å². The molecule has 21 heavy (non-hydrogen) atoms. The topological polar surface area (TPSA) is 58.7 Å². The lowest BCUT2D eigenvalue weighted by atomic mass is 10.0. The molecule has 108 valence electrons. The molecule has 0 spiro atoms. The predicted molar refractivity (Wildman–Crippen MR) is 83.1 cm³/mol. The molecule has 3 aliphatic rings. The van der Waals surface area contributed by atoms with Crippen LogP contribution in [-0.4, -0.2) is 21.5 Å². The minimum Gasteiger partial charge on any atom is -0.321 e.